The molecule has 12 rings (SSSR count). The molecule has 0 aromatic heterocycles. The first kappa shape index (κ1) is 40.1. The van der Waals surface area contributed by atoms with E-state index in [2.05, 4.69) is 278 Å². The molecule has 0 atom stereocenters. The maximum atomic E-state index is 2.49. The molecule has 2 nitrogen and oxygen atoms in total. The molecule has 0 radical (unpaired) electrons. The first-order valence-corrected chi connectivity index (χ1v) is 23.2. The van der Waals surface area contributed by atoms with Crippen LogP contribution in [0.2, 0.25) is 0 Å². The van der Waals surface area contributed by atoms with Crippen molar-refractivity contribution in [3.05, 3.63) is 266 Å². The molecule has 0 saturated carbocycles. The average Bonchev–Trinajstić information content (AvgIpc) is 3.61. The van der Waals surface area contributed by atoms with E-state index in [4.69, 9.17) is 0 Å². The van der Waals surface area contributed by atoms with E-state index in [1.165, 1.54) is 71.6 Å². The van der Waals surface area contributed by atoms with Crippen LogP contribution in [0.1, 0.15) is 25.0 Å². The number of benzene rings is 11. The summed E-state index contributed by atoms with van der Waals surface area (Å²) in [6, 6.07) is 93.4. The Hall–Kier alpha value is -8.46. The van der Waals surface area contributed by atoms with Gasteiger partial charge in [0.1, 0.15) is 0 Å². The lowest BCUT2D eigenvalue weighted by atomic mass is 9.81. The van der Waals surface area contributed by atoms with Gasteiger partial charge in [-0.2, -0.15) is 0 Å². The van der Waals surface area contributed by atoms with Crippen molar-refractivity contribution in [3.63, 3.8) is 0 Å². The Morgan fingerprint density at radius 3 is 1.43 bits per heavy atom. The molecule has 1 aliphatic carbocycles. The molecule has 67 heavy (non-hydrogen) atoms. The van der Waals surface area contributed by atoms with E-state index in [-0.39, 0.29) is 5.41 Å². The van der Waals surface area contributed by atoms with Crippen molar-refractivity contribution in [2.75, 3.05) is 9.80 Å². The van der Waals surface area contributed by atoms with E-state index in [0.717, 1.165) is 39.7 Å². The van der Waals surface area contributed by atoms with Crippen molar-refractivity contribution < 1.29 is 0 Å². The van der Waals surface area contributed by atoms with Gasteiger partial charge < -0.3 is 9.80 Å². The van der Waals surface area contributed by atoms with E-state index in [9.17, 15) is 0 Å². The summed E-state index contributed by atoms with van der Waals surface area (Å²) in [6.45, 7) is 4.75. The average molecular weight is 857 g/mol. The quantitative estimate of drug-likeness (QED) is 0.143. The summed E-state index contributed by atoms with van der Waals surface area (Å²) in [6.07, 6.45) is 0. The molecule has 2 heteroatoms. The summed E-state index contributed by atoms with van der Waals surface area (Å²) in [5.74, 6) is 0. The van der Waals surface area contributed by atoms with Crippen LogP contribution in [0.15, 0.2) is 255 Å². The smallest absolute Gasteiger partial charge is 0.0561 e. The van der Waals surface area contributed by atoms with Crippen molar-refractivity contribution in [3.8, 4) is 44.5 Å². The normalized spacial score (nSPS) is 12.4. The number of hydrogen-bond acceptors (Lipinski definition) is 2. The molecule has 11 aromatic carbocycles. The number of fused-ring (bicyclic) bond motifs is 5. The first-order chi connectivity index (χ1) is 33.0. The van der Waals surface area contributed by atoms with Gasteiger partial charge in [0.15, 0.2) is 0 Å². The molecular formula is C65H48N2. The zero-order valence-electron chi connectivity index (χ0n) is 37.6. The SMILES string of the molecule is CC1(C)c2ccccc2-c2cc3cc(N(c4ccc(-c5ccccc5)cc4)c4cccc5ccccc45)cc(N(c4ccc(-c5ccccc5)cc4)c4cccc(-c5ccccc5)c4)c3cc21. The molecule has 0 spiro atoms. The zero-order chi connectivity index (χ0) is 44.9. The Kier molecular flexibility index (Phi) is 9.88. The Labute approximate surface area is 393 Å². The van der Waals surface area contributed by atoms with Crippen LogP contribution >= 0.6 is 0 Å². The van der Waals surface area contributed by atoms with Crippen LogP contribution in [0.4, 0.5) is 34.1 Å². The van der Waals surface area contributed by atoms with Gasteiger partial charge in [0, 0.05) is 38.9 Å². The second-order valence-corrected chi connectivity index (χ2v) is 18.2. The maximum Gasteiger partial charge on any atom is 0.0561 e. The lowest BCUT2D eigenvalue weighted by Gasteiger charge is -2.32. The van der Waals surface area contributed by atoms with Crippen LogP contribution in [0.5, 0.6) is 0 Å². The topological polar surface area (TPSA) is 6.48 Å². The van der Waals surface area contributed by atoms with Gasteiger partial charge in [-0.1, -0.05) is 202 Å². The van der Waals surface area contributed by atoms with Gasteiger partial charge in [-0.15, -0.1) is 0 Å². The van der Waals surface area contributed by atoms with Crippen LogP contribution in [0.3, 0.4) is 0 Å². The molecule has 0 N–H and O–H groups in total. The minimum Gasteiger partial charge on any atom is -0.310 e. The molecular weight excluding hydrogens is 809 g/mol. The predicted octanol–water partition coefficient (Wildman–Crippen LogP) is 18.2. The largest absolute Gasteiger partial charge is 0.310 e. The van der Waals surface area contributed by atoms with Crippen LogP contribution in [0.25, 0.3) is 66.1 Å². The van der Waals surface area contributed by atoms with Gasteiger partial charge in [-0.25, -0.2) is 0 Å². The van der Waals surface area contributed by atoms with Gasteiger partial charge in [-0.3, -0.25) is 0 Å². The summed E-state index contributed by atoms with van der Waals surface area (Å²) >= 11 is 0. The third-order valence-electron chi connectivity index (χ3n) is 13.8. The van der Waals surface area contributed by atoms with Crippen LogP contribution in [0, 0.1) is 0 Å². The molecule has 0 aliphatic heterocycles. The van der Waals surface area contributed by atoms with Gasteiger partial charge >= 0.3 is 0 Å². The molecule has 0 saturated heterocycles. The van der Waals surface area contributed by atoms with Crippen LogP contribution in [-0.2, 0) is 5.41 Å². The Balaban J connectivity index is 1.15. The highest BCUT2D eigenvalue weighted by atomic mass is 15.2. The van der Waals surface area contributed by atoms with E-state index in [1.54, 1.807) is 0 Å². The minimum atomic E-state index is -0.180. The fourth-order valence-corrected chi connectivity index (χ4v) is 10.4. The van der Waals surface area contributed by atoms with Crippen molar-refractivity contribution in [2.45, 2.75) is 19.3 Å². The highest BCUT2D eigenvalue weighted by molar-refractivity contribution is 6.07. The van der Waals surface area contributed by atoms with E-state index in [0.29, 0.717) is 0 Å². The number of nitrogens with zero attached hydrogens (tertiary/aromatic N) is 2. The van der Waals surface area contributed by atoms with Gasteiger partial charge in [0.05, 0.1) is 11.4 Å². The zero-order valence-corrected chi connectivity index (χ0v) is 37.6. The summed E-state index contributed by atoms with van der Waals surface area (Å²) in [4.78, 5) is 4.94. The molecule has 0 unspecified atom stereocenters. The van der Waals surface area contributed by atoms with Gasteiger partial charge in [-0.05, 0) is 133 Å². The third-order valence-corrected chi connectivity index (χ3v) is 13.8. The molecule has 1 aliphatic rings. The lowest BCUT2D eigenvalue weighted by Crippen LogP contribution is -2.16. The summed E-state index contributed by atoms with van der Waals surface area (Å²) < 4.78 is 0. The molecule has 0 heterocycles. The van der Waals surface area contributed by atoms with Crippen LogP contribution < -0.4 is 9.80 Å². The van der Waals surface area contributed by atoms with E-state index in [1.807, 2.05) is 0 Å². The summed E-state index contributed by atoms with van der Waals surface area (Å²) in [7, 11) is 0. The monoisotopic (exact) mass is 856 g/mol. The Morgan fingerprint density at radius 2 is 0.776 bits per heavy atom. The van der Waals surface area contributed by atoms with Crippen LogP contribution in [-0.4, -0.2) is 0 Å². The van der Waals surface area contributed by atoms with E-state index >= 15 is 0 Å². The molecule has 0 fully saturated rings. The predicted molar refractivity (Wildman–Crippen MR) is 285 cm³/mol. The second kappa shape index (κ2) is 16.5. The van der Waals surface area contributed by atoms with Crippen molar-refractivity contribution in [1.29, 1.82) is 0 Å². The molecule has 0 amide bonds. The number of hydrogen-bond donors (Lipinski definition) is 0. The highest BCUT2D eigenvalue weighted by Gasteiger charge is 2.36. The second-order valence-electron chi connectivity index (χ2n) is 18.2. The van der Waals surface area contributed by atoms with Crippen molar-refractivity contribution >= 4 is 55.7 Å². The van der Waals surface area contributed by atoms with Crippen molar-refractivity contribution in [2.24, 2.45) is 0 Å². The fraction of sp³-hybridized carbons (Fsp3) is 0.0462. The number of rotatable bonds is 9. The van der Waals surface area contributed by atoms with Gasteiger partial charge in [0.25, 0.3) is 0 Å². The van der Waals surface area contributed by atoms with E-state index < -0.39 is 0 Å². The number of anilines is 6. The summed E-state index contributed by atoms with van der Waals surface area (Å²) in [5, 5.41) is 4.75. The summed E-state index contributed by atoms with van der Waals surface area (Å²) in [5.41, 5.74) is 18.8. The Bertz CT molecular complexity index is 3570. The third kappa shape index (κ3) is 7.15. The molecule has 318 valence electrons. The minimum absolute atomic E-state index is 0.180. The standard InChI is InChI=1S/C65H48N2/c1-65(2)61-30-15-14-29-58(61)60-42-52-41-56(67(63-31-17-25-50-24-12-13-28-57(50)63)54-38-34-49(35-39-54)46-20-8-4-9-21-46)43-64(59(52)44-62(60)65)66(53-36-32-48(33-37-53)45-18-6-3-7-19-45)55-27-16-26-51(40-55)47-22-10-5-11-23-47/h3-44H,1-2H3. The lowest BCUT2D eigenvalue weighted by molar-refractivity contribution is 0.661. The van der Waals surface area contributed by atoms with Crippen molar-refractivity contribution in [1.82, 2.24) is 0 Å². The maximum absolute atomic E-state index is 2.49. The Morgan fingerprint density at radius 1 is 0.269 bits per heavy atom. The highest BCUT2D eigenvalue weighted by Crippen LogP contribution is 2.53. The molecule has 11 aromatic rings. The van der Waals surface area contributed by atoms with Gasteiger partial charge in [0.2, 0.25) is 0 Å². The first-order valence-electron chi connectivity index (χ1n) is 23.2. The fourth-order valence-electron chi connectivity index (χ4n) is 10.4. The molecule has 0 bridgehead atoms.